The third-order valence-corrected chi connectivity index (χ3v) is 5.48. The predicted molar refractivity (Wildman–Crippen MR) is 115 cm³/mol. The number of pyridine rings is 1. The number of para-hydroxylation sites is 1. The third kappa shape index (κ3) is 4.80. The molecule has 1 aromatic heterocycles. The van der Waals surface area contributed by atoms with Crippen LogP contribution in [0.25, 0.3) is 10.9 Å². The zero-order chi connectivity index (χ0) is 20.1. The predicted octanol–water partition coefficient (Wildman–Crippen LogP) is 4.19. The molecule has 0 saturated carbocycles. The van der Waals surface area contributed by atoms with Gasteiger partial charge in [-0.1, -0.05) is 42.5 Å². The van der Waals surface area contributed by atoms with Gasteiger partial charge in [0.25, 0.3) is 0 Å². The van der Waals surface area contributed by atoms with Crippen molar-refractivity contribution in [1.29, 1.82) is 0 Å². The standard InChI is InChI=1S/C24H25N3O2/c28-22-13-10-17-8-11-18(12-9-17)20(6-3-14-25-22)16-23(29)27-21-7-1-4-19-5-2-15-26-24(19)21/h1-2,4-5,7-9,11-12,15,20H,3,6,10,13-14,16H2,(H,25,28)(H,27,29). The first-order valence-corrected chi connectivity index (χ1v) is 10.2. The van der Waals surface area contributed by atoms with E-state index in [2.05, 4.69) is 39.9 Å². The van der Waals surface area contributed by atoms with Gasteiger partial charge in [-0.3, -0.25) is 14.6 Å². The molecule has 5 nitrogen and oxygen atoms in total. The van der Waals surface area contributed by atoms with Crippen LogP contribution in [0.3, 0.4) is 0 Å². The molecule has 3 heterocycles. The van der Waals surface area contributed by atoms with Crippen LogP contribution in [0.5, 0.6) is 0 Å². The molecule has 2 aliphatic rings. The van der Waals surface area contributed by atoms with Crippen molar-refractivity contribution in [3.63, 3.8) is 0 Å². The number of anilines is 1. The van der Waals surface area contributed by atoms with E-state index in [1.165, 1.54) is 5.56 Å². The Hall–Kier alpha value is -3.21. The lowest BCUT2D eigenvalue weighted by Crippen LogP contribution is -2.25. The van der Waals surface area contributed by atoms with E-state index in [1.807, 2.05) is 30.3 Å². The molecule has 2 aromatic carbocycles. The Morgan fingerprint density at radius 2 is 1.90 bits per heavy atom. The van der Waals surface area contributed by atoms with E-state index in [1.54, 1.807) is 6.20 Å². The first-order valence-electron chi connectivity index (χ1n) is 10.2. The lowest BCUT2D eigenvalue weighted by molar-refractivity contribution is -0.121. The van der Waals surface area contributed by atoms with E-state index in [0.717, 1.165) is 41.4 Å². The summed E-state index contributed by atoms with van der Waals surface area (Å²) in [5.74, 6) is 0.184. The summed E-state index contributed by atoms with van der Waals surface area (Å²) < 4.78 is 0. The maximum atomic E-state index is 12.9. The van der Waals surface area contributed by atoms with Gasteiger partial charge in [0.1, 0.15) is 0 Å². The molecular weight excluding hydrogens is 362 g/mol. The van der Waals surface area contributed by atoms with Crippen LogP contribution in [0.15, 0.2) is 60.8 Å². The van der Waals surface area contributed by atoms with Gasteiger partial charge < -0.3 is 10.6 Å². The van der Waals surface area contributed by atoms with Gasteiger partial charge in [-0.15, -0.1) is 0 Å². The van der Waals surface area contributed by atoms with E-state index in [0.29, 0.717) is 19.4 Å². The Morgan fingerprint density at radius 3 is 2.76 bits per heavy atom. The molecule has 2 N–H and O–H groups in total. The van der Waals surface area contributed by atoms with E-state index in [9.17, 15) is 9.59 Å². The Bertz CT molecular complexity index is 1010. The fourth-order valence-electron chi connectivity index (χ4n) is 3.90. The highest BCUT2D eigenvalue weighted by atomic mass is 16.2. The number of hydrogen-bond donors (Lipinski definition) is 2. The number of benzene rings is 2. The highest BCUT2D eigenvalue weighted by Gasteiger charge is 2.18. The van der Waals surface area contributed by atoms with E-state index >= 15 is 0 Å². The summed E-state index contributed by atoms with van der Waals surface area (Å²) in [6, 6.07) is 18.0. The molecule has 0 fully saturated rings. The number of rotatable bonds is 3. The fourth-order valence-corrected chi connectivity index (χ4v) is 3.90. The molecule has 1 atom stereocenters. The van der Waals surface area contributed by atoms with Crippen molar-refractivity contribution in [3.8, 4) is 0 Å². The number of amides is 2. The molecule has 5 heteroatoms. The SMILES string of the molecule is O=C1CCc2ccc(cc2)C(CC(=O)Nc2cccc3cccnc23)CCCN1. The number of aromatic nitrogens is 1. The van der Waals surface area contributed by atoms with E-state index in [-0.39, 0.29) is 17.7 Å². The Labute approximate surface area is 170 Å². The molecule has 0 radical (unpaired) electrons. The molecule has 148 valence electrons. The lowest BCUT2D eigenvalue weighted by atomic mass is 9.89. The average molecular weight is 387 g/mol. The van der Waals surface area contributed by atoms with Crippen molar-refractivity contribution in [2.24, 2.45) is 0 Å². The zero-order valence-electron chi connectivity index (χ0n) is 16.4. The number of carbonyl (C=O) groups is 2. The molecule has 3 aromatic rings. The monoisotopic (exact) mass is 387 g/mol. The van der Waals surface area contributed by atoms with Gasteiger partial charge >= 0.3 is 0 Å². The van der Waals surface area contributed by atoms with Crippen LogP contribution >= 0.6 is 0 Å². The molecular formula is C24H25N3O2. The van der Waals surface area contributed by atoms with Crippen LogP contribution in [-0.4, -0.2) is 23.3 Å². The molecule has 0 saturated heterocycles. The van der Waals surface area contributed by atoms with Crippen LogP contribution < -0.4 is 10.6 Å². The first-order chi connectivity index (χ1) is 14.2. The van der Waals surface area contributed by atoms with E-state index < -0.39 is 0 Å². The Balaban J connectivity index is 1.50. The second-order valence-electron chi connectivity index (χ2n) is 7.56. The fraction of sp³-hybridized carbons (Fsp3) is 0.292. The number of hydrogen-bond acceptors (Lipinski definition) is 3. The number of carbonyl (C=O) groups excluding carboxylic acids is 2. The van der Waals surface area contributed by atoms with Gasteiger partial charge in [0.05, 0.1) is 11.2 Å². The summed E-state index contributed by atoms with van der Waals surface area (Å²) in [5, 5.41) is 7.02. The minimum atomic E-state index is -0.0200. The summed E-state index contributed by atoms with van der Waals surface area (Å²) in [5.41, 5.74) is 3.86. The van der Waals surface area contributed by atoms with Crippen molar-refractivity contribution >= 4 is 28.4 Å². The number of aryl methyl sites for hydroxylation is 1. The zero-order valence-corrected chi connectivity index (χ0v) is 16.4. The molecule has 29 heavy (non-hydrogen) atoms. The maximum absolute atomic E-state index is 12.9. The van der Waals surface area contributed by atoms with Gasteiger partial charge in [0.15, 0.2) is 0 Å². The Morgan fingerprint density at radius 1 is 1.07 bits per heavy atom. The number of nitrogens with one attached hydrogen (secondary N) is 2. The van der Waals surface area contributed by atoms with Crippen molar-refractivity contribution in [2.75, 3.05) is 11.9 Å². The maximum Gasteiger partial charge on any atom is 0.225 e. The minimum Gasteiger partial charge on any atom is -0.356 e. The second kappa shape index (κ2) is 8.86. The molecule has 2 aliphatic heterocycles. The minimum absolute atomic E-state index is 0.0200. The lowest BCUT2D eigenvalue weighted by Gasteiger charge is -2.19. The third-order valence-electron chi connectivity index (χ3n) is 5.48. The molecule has 5 rings (SSSR count). The summed E-state index contributed by atoms with van der Waals surface area (Å²) in [6.07, 6.45) is 5.09. The highest BCUT2D eigenvalue weighted by molar-refractivity contribution is 6.00. The van der Waals surface area contributed by atoms with Gasteiger partial charge in [-0.2, -0.15) is 0 Å². The van der Waals surface area contributed by atoms with Crippen molar-refractivity contribution in [2.45, 2.75) is 38.0 Å². The van der Waals surface area contributed by atoms with Crippen LogP contribution in [0, 0.1) is 0 Å². The van der Waals surface area contributed by atoms with Crippen molar-refractivity contribution < 1.29 is 9.59 Å². The quantitative estimate of drug-likeness (QED) is 0.708. The number of nitrogens with zero attached hydrogens (tertiary/aromatic N) is 1. The molecule has 1 unspecified atom stereocenters. The topological polar surface area (TPSA) is 71.1 Å². The number of fused-ring (bicyclic) bond motifs is 10. The smallest absolute Gasteiger partial charge is 0.225 e. The van der Waals surface area contributed by atoms with E-state index in [4.69, 9.17) is 0 Å². The summed E-state index contributed by atoms with van der Waals surface area (Å²) in [4.78, 5) is 29.2. The summed E-state index contributed by atoms with van der Waals surface area (Å²) in [6.45, 7) is 0.653. The summed E-state index contributed by atoms with van der Waals surface area (Å²) >= 11 is 0. The molecule has 0 aliphatic carbocycles. The molecule has 2 bridgehead atoms. The van der Waals surface area contributed by atoms with Gasteiger partial charge in [0, 0.05) is 31.0 Å². The van der Waals surface area contributed by atoms with Crippen LogP contribution in [-0.2, 0) is 16.0 Å². The van der Waals surface area contributed by atoms with Gasteiger partial charge in [0.2, 0.25) is 11.8 Å². The van der Waals surface area contributed by atoms with Gasteiger partial charge in [-0.25, -0.2) is 0 Å². The Kier molecular flexibility index (Phi) is 5.84. The normalized spacial score (nSPS) is 17.2. The average Bonchev–Trinajstić information content (AvgIpc) is 2.74. The highest BCUT2D eigenvalue weighted by Crippen LogP contribution is 2.27. The first kappa shape index (κ1) is 19.1. The van der Waals surface area contributed by atoms with Crippen LogP contribution in [0.2, 0.25) is 0 Å². The largest absolute Gasteiger partial charge is 0.356 e. The molecule has 0 spiro atoms. The van der Waals surface area contributed by atoms with Crippen molar-refractivity contribution in [3.05, 3.63) is 71.9 Å². The van der Waals surface area contributed by atoms with Crippen LogP contribution in [0.1, 0.15) is 42.7 Å². The van der Waals surface area contributed by atoms with Crippen molar-refractivity contribution in [1.82, 2.24) is 10.3 Å². The van der Waals surface area contributed by atoms with Gasteiger partial charge in [-0.05, 0) is 48.4 Å². The summed E-state index contributed by atoms with van der Waals surface area (Å²) in [7, 11) is 0. The molecule has 2 amide bonds. The second-order valence-corrected chi connectivity index (χ2v) is 7.56. The van der Waals surface area contributed by atoms with Crippen LogP contribution in [0.4, 0.5) is 5.69 Å².